The molecule has 11 N–H and O–H groups in total. The number of aliphatic hydroxyl groups excluding tert-OH is 2. The molecule has 0 saturated carbocycles. The largest absolute Gasteiger partial charge is 0.508 e. The number of esters is 2. The lowest BCUT2D eigenvalue weighted by Crippen LogP contribution is -2.58. The number of aliphatic hydroxyl groups is 2. The van der Waals surface area contributed by atoms with Crippen molar-refractivity contribution in [3.8, 4) is 63.1 Å². The molecular weight excluding hydrogens is 708 g/mol. The predicted molar refractivity (Wildman–Crippen MR) is 175 cm³/mol. The van der Waals surface area contributed by atoms with Crippen molar-refractivity contribution < 1.29 is 84.4 Å². The van der Waals surface area contributed by atoms with Crippen LogP contribution in [-0.4, -0.2) is 99.1 Å². The summed E-state index contributed by atoms with van der Waals surface area (Å²) in [5.74, 6) is -10.6. The van der Waals surface area contributed by atoms with Crippen molar-refractivity contribution in [2.75, 3.05) is 6.61 Å². The lowest BCUT2D eigenvalue weighted by Gasteiger charge is -2.43. The van der Waals surface area contributed by atoms with Crippen LogP contribution >= 0.6 is 0 Å². The third-order valence-electron chi connectivity index (χ3n) is 8.38. The Kier molecular flexibility index (Phi) is 9.27. The first kappa shape index (κ1) is 35.9. The number of phenolic OH excluding ortho intramolecular Hbond substituents is 9. The lowest BCUT2D eigenvalue weighted by molar-refractivity contribution is -0.232. The Morgan fingerprint density at radius 3 is 1.68 bits per heavy atom. The van der Waals surface area contributed by atoms with E-state index in [2.05, 4.69) is 0 Å². The highest BCUT2D eigenvalue weighted by atomic mass is 16.6. The molecule has 1 aliphatic heterocycles. The van der Waals surface area contributed by atoms with Crippen molar-refractivity contribution in [3.63, 3.8) is 0 Å². The van der Waals surface area contributed by atoms with Gasteiger partial charge in [0.25, 0.3) is 0 Å². The minimum atomic E-state index is -2.14. The molecule has 2 heterocycles. The van der Waals surface area contributed by atoms with Gasteiger partial charge < -0.3 is 74.8 Å². The lowest BCUT2D eigenvalue weighted by atomic mass is 9.89. The Bertz CT molecular complexity index is 2270. The van der Waals surface area contributed by atoms with E-state index in [1.54, 1.807) is 0 Å². The van der Waals surface area contributed by atoms with Gasteiger partial charge in [-0.15, -0.1) is 0 Å². The summed E-state index contributed by atoms with van der Waals surface area (Å²) in [6.45, 7) is -1.01. The van der Waals surface area contributed by atoms with E-state index < -0.39 is 123 Å². The van der Waals surface area contributed by atoms with Crippen LogP contribution in [0.1, 0.15) is 32.4 Å². The van der Waals surface area contributed by atoms with Crippen LogP contribution in [0.3, 0.4) is 0 Å². The normalized spacial score (nSPS) is 19.8. The molecule has 276 valence electrons. The number of aromatic hydroxyl groups is 9. The summed E-state index contributed by atoms with van der Waals surface area (Å²) in [5.41, 5.74) is -2.80. The summed E-state index contributed by atoms with van der Waals surface area (Å²) in [4.78, 5) is 40.2. The molecule has 1 saturated heterocycles. The van der Waals surface area contributed by atoms with Crippen LogP contribution in [0.2, 0.25) is 0 Å². The average Bonchev–Trinajstić information content (AvgIpc) is 3.11. The van der Waals surface area contributed by atoms with Crippen LogP contribution in [-0.2, 0) is 14.2 Å². The minimum absolute atomic E-state index is 0.0306. The van der Waals surface area contributed by atoms with Crippen molar-refractivity contribution in [1.29, 1.82) is 0 Å². The molecule has 1 aromatic heterocycles. The second-order valence-corrected chi connectivity index (χ2v) is 11.8. The number of fused-ring (bicyclic) bond motifs is 1. The molecule has 0 spiro atoms. The number of hydrogen-bond acceptors (Lipinski definition) is 18. The zero-order chi connectivity index (χ0) is 38.5. The van der Waals surface area contributed by atoms with Crippen molar-refractivity contribution in [3.05, 3.63) is 87.6 Å². The predicted octanol–water partition coefficient (Wildman–Crippen LogP) is 2.05. The molecule has 0 amide bonds. The summed E-state index contributed by atoms with van der Waals surface area (Å²) < 4.78 is 22.5. The fourth-order valence-electron chi connectivity index (χ4n) is 5.75. The van der Waals surface area contributed by atoms with E-state index in [0.29, 0.717) is 29.8 Å². The fraction of sp³-hybridized carbons (Fsp3) is 0.171. The molecule has 18 heteroatoms. The van der Waals surface area contributed by atoms with Gasteiger partial charge in [-0.2, -0.15) is 0 Å². The Morgan fingerprint density at radius 1 is 0.660 bits per heavy atom. The van der Waals surface area contributed by atoms with Gasteiger partial charge in [0.15, 0.2) is 52.1 Å². The van der Waals surface area contributed by atoms with Crippen molar-refractivity contribution >= 4 is 22.9 Å². The first-order valence-corrected chi connectivity index (χ1v) is 15.3. The number of carbonyl (C=O) groups is 2. The molecular formula is C35H28O18. The molecule has 53 heavy (non-hydrogen) atoms. The summed E-state index contributed by atoms with van der Waals surface area (Å²) >= 11 is 0. The van der Waals surface area contributed by atoms with Gasteiger partial charge in [-0.1, -0.05) is 0 Å². The fourth-order valence-corrected chi connectivity index (χ4v) is 5.75. The van der Waals surface area contributed by atoms with Gasteiger partial charge in [-0.25, -0.2) is 9.59 Å². The maximum absolute atomic E-state index is 13.5. The summed E-state index contributed by atoms with van der Waals surface area (Å²) in [6, 6.07) is 10.1. The van der Waals surface area contributed by atoms with E-state index >= 15 is 0 Å². The van der Waals surface area contributed by atoms with Crippen LogP contribution in [0.25, 0.3) is 22.3 Å². The van der Waals surface area contributed by atoms with E-state index in [1.165, 1.54) is 24.3 Å². The van der Waals surface area contributed by atoms with Crippen LogP contribution in [0.4, 0.5) is 0 Å². The van der Waals surface area contributed by atoms with Gasteiger partial charge in [-0.3, -0.25) is 4.79 Å². The van der Waals surface area contributed by atoms with E-state index in [0.717, 1.165) is 12.1 Å². The van der Waals surface area contributed by atoms with Gasteiger partial charge in [0.1, 0.15) is 52.3 Å². The molecule has 0 radical (unpaired) electrons. The van der Waals surface area contributed by atoms with Crippen LogP contribution in [0, 0.1) is 0 Å². The summed E-state index contributed by atoms with van der Waals surface area (Å²) in [6.07, 6.45) is -10.1. The molecule has 6 rings (SSSR count). The van der Waals surface area contributed by atoms with Gasteiger partial charge in [0, 0.05) is 17.7 Å². The van der Waals surface area contributed by atoms with Gasteiger partial charge in [0.05, 0.1) is 23.3 Å². The Balaban J connectivity index is 1.49. The third kappa shape index (κ3) is 6.55. The first-order chi connectivity index (χ1) is 25.1. The number of hydrogen-bond donors (Lipinski definition) is 11. The zero-order valence-corrected chi connectivity index (χ0v) is 26.6. The second kappa shape index (κ2) is 13.7. The van der Waals surface area contributed by atoms with E-state index in [-0.39, 0.29) is 17.1 Å². The molecule has 1 fully saturated rings. The quantitative estimate of drug-likeness (QED) is 0.0841. The number of carbonyl (C=O) groups excluding carboxylic acids is 2. The molecule has 18 nitrogen and oxygen atoms in total. The first-order valence-electron chi connectivity index (χ1n) is 15.3. The van der Waals surface area contributed by atoms with Gasteiger partial charge in [0.2, 0.25) is 0 Å². The van der Waals surface area contributed by atoms with E-state index in [1.807, 2.05) is 0 Å². The maximum atomic E-state index is 13.5. The average molecular weight is 737 g/mol. The Hall–Kier alpha value is -6.89. The molecule has 4 aromatic carbocycles. The standard InChI is InChI=1S/C35H28O18/c36-11-24-29(46)32(52-34(48)13-5-18(40)27(44)19(41)6-13)33(53-35(49)14-7-20(42)28(45)21(43)8-14)31(51-24)26-17(39)10-23-25(30(26)47)16(38)9-22(50-23)12-1-3-15(37)4-2-12/h1-10,24,29,31-33,36-37,39-47H,11H2/t24-,29-,31+,32+,33+/m1/s1. The molecule has 5 aromatic rings. The maximum Gasteiger partial charge on any atom is 0.338 e. The Labute approximate surface area is 295 Å². The number of rotatable bonds is 7. The van der Waals surface area contributed by atoms with Crippen molar-refractivity contribution in [2.24, 2.45) is 0 Å². The molecule has 0 bridgehead atoms. The zero-order valence-electron chi connectivity index (χ0n) is 26.6. The van der Waals surface area contributed by atoms with Crippen LogP contribution in [0.5, 0.6) is 51.7 Å². The summed E-state index contributed by atoms with van der Waals surface area (Å²) in [7, 11) is 0. The van der Waals surface area contributed by atoms with Gasteiger partial charge in [-0.05, 0) is 48.5 Å². The summed E-state index contributed by atoms with van der Waals surface area (Å²) in [5, 5.41) is 113. The molecule has 0 unspecified atom stereocenters. The molecule has 5 atom stereocenters. The topological polar surface area (TPSA) is 315 Å². The molecule has 0 aliphatic carbocycles. The number of phenols is 9. The molecule has 1 aliphatic rings. The third-order valence-corrected chi connectivity index (χ3v) is 8.38. The van der Waals surface area contributed by atoms with Gasteiger partial charge >= 0.3 is 11.9 Å². The monoisotopic (exact) mass is 736 g/mol. The van der Waals surface area contributed by atoms with Crippen molar-refractivity contribution in [2.45, 2.75) is 30.5 Å². The van der Waals surface area contributed by atoms with Crippen LogP contribution in [0.15, 0.2) is 69.9 Å². The smallest absolute Gasteiger partial charge is 0.338 e. The highest BCUT2D eigenvalue weighted by molar-refractivity contribution is 5.93. The number of benzene rings is 4. The van der Waals surface area contributed by atoms with E-state index in [9.17, 15) is 70.6 Å². The van der Waals surface area contributed by atoms with Crippen LogP contribution < -0.4 is 5.43 Å². The van der Waals surface area contributed by atoms with E-state index in [4.69, 9.17) is 18.6 Å². The SMILES string of the molecule is O=C(O[C@@H]1[C@@H](OC(=O)c2cc(O)c(O)c(O)c2)[C@H](O)[C@@H](CO)O[C@H]1c1c(O)cc2oc(-c3ccc(O)cc3)cc(=O)c2c1O)c1cc(O)c(O)c(O)c1. The number of ether oxygens (including phenoxy) is 3. The Morgan fingerprint density at radius 2 is 1.17 bits per heavy atom. The highest BCUT2D eigenvalue weighted by Crippen LogP contribution is 2.47. The second-order valence-electron chi connectivity index (χ2n) is 11.8. The highest BCUT2D eigenvalue weighted by Gasteiger charge is 2.52. The minimum Gasteiger partial charge on any atom is -0.508 e. The van der Waals surface area contributed by atoms with Crippen molar-refractivity contribution in [1.82, 2.24) is 0 Å².